The summed E-state index contributed by atoms with van der Waals surface area (Å²) in [5, 5.41) is 11.1. The smallest absolute Gasteiger partial charge is 0.307 e. The largest absolute Gasteiger partial charge is 0.483 e. The van der Waals surface area contributed by atoms with Crippen LogP contribution in [0, 0.1) is 11.8 Å². The van der Waals surface area contributed by atoms with Gasteiger partial charge >= 0.3 is 5.97 Å². The van der Waals surface area contributed by atoms with E-state index in [4.69, 9.17) is 4.74 Å². The molecule has 3 N–H and O–H groups in total. The first kappa shape index (κ1) is 18.7. The number of hydrogen-bond acceptors (Lipinski definition) is 4. The zero-order valence-electron chi connectivity index (χ0n) is 14.8. The normalized spacial score (nSPS) is 19.3. The van der Waals surface area contributed by atoms with Crippen LogP contribution >= 0.6 is 0 Å². The van der Waals surface area contributed by atoms with Crippen LogP contribution in [-0.2, 0) is 14.4 Å². The van der Waals surface area contributed by atoms with Crippen LogP contribution in [0.25, 0.3) is 10.8 Å². The Bertz CT molecular complexity index is 846. The number of carboxylic acids is 1. The second-order valence-corrected chi connectivity index (χ2v) is 6.64. The highest BCUT2D eigenvalue weighted by molar-refractivity contribution is 5.89. The van der Waals surface area contributed by atoms with Gasteiger partial charge in [0.15, 0.2) is 6.61 Å². The molecule has 0 radical (unpaired) electrons. The van der Waals surface area contributed by atoms with Crippen LogP contribution in [0.2, 0.25) is 0 Å². The highest BCUT2D eigenvalue weighted by Crippen LogP contribution is 2.30. The third-order valence-electron chi connectivity index (χ3n) is 4.85. The maximum Gasteiger partial charge on any atom is 0.307 e. The van der Waals surface area contributed by atoms with Crippen molar-refractivity contribution in [2.75, 3.05) is 6.61 Å². The minimum absolute atomic E-state index is 0.263. The number of rotatable bonds is 5. The monoisotopic (exact) mass is 370 g/mol. The zero-order chi connectivity index (χ0) is 19.2. The molecule has 1 aliphatic carbocycles. The van der Waals surface area contributed by atoms with Crippen LogP contribution in [-0.4, -0.2) is 29.5 Å². The molecule has 2 atom stereocenters. The van der Waals surface area contributed by atoms with Gasteiger partial charge in [-0.25, -0.2) is 0 Å². The molecule has 7 heteroatoms. The van der Waals surface area contributed by atoms with E-state index in [1.165, 1.54) is 0 Å². The molecule has 3 rings (SSSR count). The standard InChI is InChI=1S/C20H22N2O5/c23-18(12-27-17-11-5-7-13-6-1-2-8-14(13)17)21-22-19(24)15-9-3-4-10-16(15)20(25)26/h1-2,5-8,11,15-16H,3-4,9-10,12H2,(H,21,23)(H,22,24)(H,25,26)/t15?,16-/m0/s1. The Kier molecular flexibility index (Phi) is 5.90. The van der Waals surface area contributed by atoms with Crippen LogP contribution < -0.4 is 15.6 Å². The quantitative estimate of drug-likeness (QED) is 0.700. The number of ether oxygens (including phenoxy) is 1. The number of nitrogens with one attached hydrogen (secondary N) is 2. The molecule has 2 aromatic carbocycles. The lowest BCUT2D eigenvalue weighted by atomic mass is 9.79. The van der Waals surface area contributed by atoms with Gasteiger partial charge in [-0.05, 0) is 24.3 Å². The lowest BCUT2D eigenvalue weighted by molar-refractivity contribution is -0.149. The Morgan fingerprint density at radius 2 is 1.67 bits per heavy atom. The van der Waals surface area contributed by atoms with Crippen LogP contribution in [0.1, 0.15) is 25.7 Å². The van der Waals surface area contributed by atoms with E-state index in [0.29, 0.717) is 18.6 Å². The number of benzene rings is 2. The first-order valence-electron chi connectivity index (χ1n) is 8.98. The Morgan fingerprint density at radius 1 is 0.963 bits per heavy atom. The van der Waals surface area contributed by atoms with Crippen molar-refractivity contribution in [3.05, 3.63) is 42.5 Å². The number of hydrazine groups is 1. The maximum atomic E-state index is 12.2. The first-order valence-corrected chi connectivity index (χ1v) is 8.98. The molecule has 0 bridgehead atoms. The minimum Gasteiger partial charge on any atom is -0.483 e. The van der Waals surface area contributed by atoms with E-state index in [2.05, 4.69) is 10.9 Å². The Morgan fingerprint density at radius 3 is 2.44 bits per heavy atom. The van der Waals surface area contributed by atoms with Crippen molar-refractivity contribution in [2.24, 2.45) is 11.8 Å². The molecular weight excluding hydrogens is 348 g/mol. The molecule has 0 saturated heterocycles. The van der Waals surface area contributed by atoms with Crippen LogP contribution in [0.5, 0.6) is 5.75 Å². The second-order valence-electron chi connectivity index (χ2n) is 6.64. The number of fused-ring (bicyclic) bond motifs is 1. The van der Waals surface area contributed by atoms with Crippen molar-refractivity contribution in [1.29, 1.82) is 0 Å². The minimum atomic E-state index is -0.972. The highest BCUT2D eigenvalue weighted by atomic mass is 16.5. The lowest BCUT2D eigenvalue weighted by Gasteiger charge is -2.27. The van der Waals surface area contributed by atoms with Crippen LogP contribution in [0.3, 0.4) is 0 Å². The first-order chi connectivity index (χ1) is 13.1. The molecule has 2 aromatic rings. The summed E-state index contributed by atoms with van der Waals surface area (Å²) in [7, 11) is 0. The molecule has 1 saturated carbocycles. The van der Waals surface area contributed by atoms with Crippen molar-refractivity contribution in [2.45, 2.75) is 25.7 Å². The summed E-state index contributed by atoms with van der Waals surface area (Å²) in [4.78, 5) is 35.5. The summed E-state index contributed by atoms with van der Waals surface area (Å²) in [5.74, 6) is -2.72. The van der Waals surface area contributed by atoms with Crippen molar-refractivity contribution in [1.82, 2.24) is 10.9 Å². The SMILES string of the molecule is O=C(COc1cccc2ccccc12)NNC(=O)C1CCCC[C@@H]1C(=O)O. The van der Waals surface area contributed by atoms with Gasteiger partial charge in [0.1, 0.15) is 5.75 Å². The van der Waals surface area contributed by atoms with Gasteiger partial charge in [0.25, 0.3) is 5.91 Å². The fraction of sp³-hybridized carbons (Fsp3) is 0.350. The molecule has 27 heavy (non-hydrogen) atoms. The van der Waals surface area contributed by atoms with Crippen molar-refractivity contribution in [3.63, 3.8) is 0 Å². The summed E-state index contributed by atoms with van der Waals surface area (Å²) in [6, 6.07) is 13.2. The summed E-state index contributed by atoms with van der Waals surface area (Å²) in [6.07, 6.45) is 2.59. The molecule has 1 fully saturated rings. The predicted molar refractivity (Wildman–Crippen MR) is 98.8 cm³/mol. The van der Waals surface area contributed by atoms with Gasteiger partial charge in [0.2, 0.25) is 5.91 Å². The van der Waals surface area contributed by atoms with Crippen molar-refractivity contribution >= 4 is 28.6 Å². The fourth-order valence-electron chi connectivity index (χ4n) is 3.47. The number of carboxylic acid groups (broad SMARTS) is 1. The van der Waals surface area contributed by atoms with Crippen LogP contribution in [0.15, 0.2) is 42.5 Å². The van der Waals surface area contributed by atoms with Gasteiger partial charge < -0.3 is 9.84 Å². The van der Waals surface area contributed by atoms with Gasteiger partial charge in [0, 0.05) is 5.39 Å². The average Bonchev–Trinajstić information content (AvgIpc) is 2.70. The molecule has 0 aliphatic heterocycles. The van der Waals surface area contributed by atoms with E-state index in [1.54, 1.807) is 6.07 Å². The fourth-order valence-corrected chi connectivity index (χ4v) is 3.47. The van der Waals surface area contributed by atoms with Gasteiger partial charge in [-0.15, -0.1) is 0 Å². The van der Waals surface area contributed by atoms with E-state index in [9.17, 15) is 19.5 Å². The molecular formula is C20H22N2O5. The summed E-state index contributed by atoms with van der Waals surface area (Å²) in [5.41, 5.74) is 4.63. The molecule has 0 aromatic heterocycles. The maximum absolute atomic E-state index is 12.2. The zero-order valence-corrected chi connectivity index (χ0v) is 14.8. The Balaban J connectivity index is 1.52. The Labute approximate surface area is 156 Å². The molecule has 1 unspecified atom stereocenters. The van der Waals surface area contributed by atoms with E-state index in [0.717, 1.165) is 23.6 Å². The number of hydrogen-bond donors (Lipinski definition) is 3. The summed E-state index contributed by atoms with van der Waals surface area (Å²) in [6.45, 7) is -0.263. The lowest BCUT2D eigenvalue weighted by Crippen LogP contribution is -2.49. The third kappa shape index (κ3) is 4.55. The summed E-state index contributed by atoms with van der Waals surface area (Å²) >= 11 is 0. The van der Waals surface area contributed by atoms with Gasteiger partial charge in [-0.2, -0.15) is 0 Å². The van der Waals surface area contributed by atoms with Crippen LogP contribution in [0.4, 0.5) is 0 Å². The van der Waals surface area contributed by atoms with E-state index >= 15 is 0 Å². The number of amides is 2. The molecule has 0 heterocycles. The predicted octanol–water partition coefficient (Wildman–Crippen LogP) is 2.26. The highest BCUT2D eigenvalue weighted by Gasteiger charge is 2.35. The molecule has 142 valence electrons. The van der Waals surface area contributed by atoms with Gasteiger partial charge in [-0.3, -0.25) is 25.2 Å². The van der Waals surface area contributed by atoms with E-state index in [1.807, 2.05) is 36.4 Å². The van der Waals surface area contributed by atoms with E-state index in [-0.39, 0.29) is 6.61 Å². The van der Waals surface area contributed by atoms with E-state index < -0.39 is 29.6 Å². The second kappa shape index (κ2) is 8.53. The third-order valence-corrected chi connectivity index (χ3v) is 4.85. The number of carbonyl (C=O) groups excluding carboxylic acids is 2. The average molecular weight is 370 g/mol. The topological polar surface area (TPSA) is 105 Å². The number of carbonyl (C=O) groups is 3. The van der Waals surface area contributed by atoms with Crippen molar-refractivity contribution in [3.8, 4) is 5.75 Å². The summed E-state index contributed by atoms with van der Waals surface area (Å²) < 4.78 is 5.56. The van der Waals surface area contributed by atoms with Gasteiger partial charge in [-0.1, -0.05) is 49.2 Å². The van der Waals surface area contributed by atoms with Crippen molar-refractivity contribution < 1.29 is 24.2 Å². The Hall–Kier alpha value is -3.09. The molecule has 2 amide bonds. The van der Waals surface area contributed by atoms with Gasteiger partial charge in [0.05, 0.1) is 11.8 Å². The molecule has 0 spiro atoms. The molecule has 1 aliphatic rings. The number of aliphatic carboxylic acids is 1. The molecule has 7 nitrogen and oxygen atoms in total.